The average molecular weight is 222 g/mol. The maximum atomic E-state index is 12.8. The molecule has 0 aliphatic heterocycles. The van der Waals surface area contributed by atoms with Gasteiger partial charge in [-0.25, -0.2) is 4.39 Å². The molecule has 0 unspecified atom stereocenters. The van der Waals surface area contributed by atoms with Gasteiger partial charge in [-0.1, -0.05) is 6.07 Å². The summed E-state index contributed by atoms with van der Waals surface area (Å²) in [6, 6.07) is 3.36. The number of hydrogen-bond acceptors (Lipinski definition) is 3. The van der Waals surface area contributed by atoms with Gasteiger partial charge in [0.2, 0.25) is 0 Å². The predicted molar refractivity (Wildman–Crippen MR) is 46.7 cm³/mol. The quantitative estimate of drug-likeness (QED) is 0.730. The van der Waals surface area contributed by atoms with E-state index in [4.69, 9.17) is 0 Å². The van der Waals surface area contributed by atoms with Crippen LogP contribution < -0.4 is 4.74 Å². The number of methoxy groups -OCH3 is 1. The van der Waals surface area contributed by atoms with Gasteiger partial charge >= 0.3 is 10.2 Å². The maximum Gasteiger partial charge on any atom is 0.306 e. The lowest BCUT2D eigenvalue weighted by atomic mass is 10.2. The molecule has 0 bridgehead atoms. The molecule has 0 saturated carbocycles. The van der Waals surface area contributed by atoms with Crippen molar-refractivity contribution < 1.29 is 21.4 Å². The molecule has 0 amide bonds. The Balaban J connectivity index is 3.01. The van der Waals surface area contributed by atoms with E-state index in [1.807, 2.05) is 0 Å². The van der Waals surface area contributed by atoms with Gasteiger partial charge in [-0.2, -0.15) is 8.42 Å². The first kappa shape index (κ1) is 10.9. The summed E-state index contributed by atoms with van der Waals surface area (Å²) in [4.78, 5) is 0. The molecule has 1 aromatic rings. The van der Waals surface area contributed by atoms with E-state index in [0.717, 1.165) is 12.1 Å². The van der Waals surface area contributed by atoms with Crippen molar-refractivity contribution in [2.45, 2.75) is 5.75 Å². The third-order valence-electron chi connectivity index (χ3n) is 1.55. The lowest BCUT2D eigenvalue weighted by molar-refractivity contribution is 0.386. The average Bonchev–Trinajstić information content (AvgIpc) is 2.06. The largest absolute Gasteiger partial charge is 0.494 e. The monoisotopic (exact) mass is 222 g/mol. The highest BCUT2D eigenvalue weighted by Crippen LogP contribution is 2.19. The summed E-state index contributed by atoms with van der Waals surface area (Å²) in [6.45, 7) is 0. The summed E-state index contributed by atoms with van der Waals surface area (Å²) in [7, 11) is -3.35. The third-order valence-corrected chi connectivity index (χ3v) is 2.23. The summed E-state index contributed by atoms with van der Waals surface area (Å²) in [6.07, 6.45) is 0. The molecule has 0 fully saturated rings. The van der Waals surface area contributed by atoms with Gasteiger partial charge in [0.15, 0.2) is 11.6 Å². The summed E-state index contributed by atoms with van der Waals surface area (Å²) >= 11 is 0. The SMILES string of the molecule is COc1cc(CS(=O)(=O)F)ccc1F. The van der Waals surface area contributed by atoms with E-state index in [9.17, 15) is 16.7 Å². The first-order chi connectivity index (χ1) is 6.42. The lowest BCUT2D eigenvalue weighted by Crippen LogP contribution is -1.97. The van der Waals surface area contributed by atoms with Crippen molar-refractivity contribution in [3.8, 4) is 5.75 Å². The fourth-order valence-corrected chi connectivity index (χ4v) is 1.57. The van der Waals surface area contributed by atoms with Gasteiger partial charge in [0.05, 0.1) is 7.11 Å². The molecule has 1 aromatic carbocycles. The van der Waals surface area contributed by atoms with Gasteiger partial charge in [-0.05, 0) is 17.7 Å². The van der Waals surface area contributed by atoms with E-state index in [1.165, 1.54) is 13.2 Å². The van der Waals surface area contributed by atoms with Crippen LogP contribution in [0.15, 0.2) is 18.2 Å². The molecule has 6 heteroatoms. The van der Waals surface area contributed by atoms with Crippen molar-refractivity contribution in [1.82, 2.24) is 0 Å². The van der Waals surface area contributed by atoms with Gasteiger partial charge in [0.1, 0.15) is 5.75 Å². The van der Waals surface area contributed by atoms with Crippen LogP contribution in [0, 0.1) is 5.82 Å². The van der Waals surface area contributed by atoms with E-state index < -0.39 is 21.8 Å². The molecule has 0 heterocycles. The summed E-state index contributed by atoms with van der Waals surface area (Å²) in [5.74, 6) is -1.50. The number of halogens is 2. The van der Waals surface area contributed by atoms with Crippen molar-refractivity contribution in [3.05, 3.63) is 29.6 Å². The van der Waals surface area contributed by atoms with Gasteiger partial charge in [0.25, 0.3) is 0 Å². The van der Waals surface area contributed by atoms with E-state index in [-0.39, 0.29) is 11.3 Å². The van der Waals surface area contributed by atoms with Gasteiger partial charge in [-0.15, -0.1) is 3.89 Å². The molecule has 78 valence electrons. The molecule has 0 aromatic heterocycles. The van der Waals surface area contributed by atoms with Crippen LogP contribution in [0.25, 0.3) is 0 Å². The summed E-state index contributed by atoms with van der Waals surface area (Å²) in [5, 5.41) is 0. The number of rotatable bonds is 3. The Morgan fingerprint density at radius 3 is 2.57 bits per heavy atom. The third kappa shape index (κ3) is 2.95. The zero-order chi connectivity index (χ0) is 10.8. The van der Waals surface area contributed by atoms with E-state index in [1.54, 1.807) is 0 Å². The highest BCUT2D eigenvalue weighted by atomic mass is 32.3. The van der Waals surface area contributed by atoms with Crippen LogP contribution in [0.2, 0.25) is 0 Å². The van der Waals surface area contributed by atoms with Gasteiger partial charge in [-0.3, -0.25) is 0 Å². The lowest BCUT2D eigenvalue weighted by Gasteiger charge is -2.03. The standard InChI is InChI=1S/C8H8F2O3S/c1-13-8-4-6(2-3-7(8)9)5-14(10,11)12/h2-4H,5H2,1H3. The molecule has 0 saturated heterocycles. The number of benzene rings is 1. The highest BCUT2D eigenvalue weighted by Gasteiger charge is 2.11. The molecule has 0 radical (unpaired) electrons. The minimum atomic E-state index is -4.59. The second-order valence-corrected chi connectivity index (χ2v) is 4.02. The molecule has 0 aliphatic carbocycles. The molecular weight excluding hydrogens is 214 g/mol. The predicted octanol–water partition coefficient (Wildman–Crippen LogP) is 1.63. The fraction of sp³-hybridized carbons (Fsp3) is 0.250. The molecule has 0 atom stereocenters. The fourth-order valence-electron chi connectivity index (χ4n) is 0.993. The molecule has 0 spiro atoms. The summed E-state index contributed by atoms with van der Waals surface area (Å²) in [5.41, 5.74) is 0.144. The normalized spacial score (nSPS) is 11.4. The Kier molecular flexibility index (Phi) is 3.05. The van der Waals surface area contributed by atoms with Gasteiger partial charge < -0.3 is 4.74 Å². The van der Waals surface area contributed by atoms with Crippen LogP contribution in [0.5, 0.6) is 5.75 Å². The second kappa shape index (κ2) is 3.91. The van der Waals surface area contributed by atoms with Crippen LogP contribution in [-0.4, -0.2) is 15.5 Å². The molecule has 0 N–H and O–H groups in total. The van der Waals surface area contributed by atoms with E-state index >= 15 is 0 Å². The Labute approximate surface area is 80.5 Å². The highest BCUT2D eigenvalue weighted by molar-refractivity contribution is 7.85. The Morgan fingerprint density at radius 1 is 1.43 bits per heavy atom. The van der Waals surface area contributed by atoms with Crippen molar-refractivity contribution in [3.63, 3.8) is 0 Å². The van der Waals surface area contributed by atoms with Gasteiger partial charge in [0, 0.05) is 0 Å². The molecule has 14 heavy (non-hydrogen) atoms. The Morgan fingerprint density at radius 2 is 2.07 bits per heavy atom. The van der Waals surface area contributed by atoms with E-state index in [0.29, 0.717) is 0 Å². The first-order valence-electron chi connectivity index (χ1n) is 3.67. The molecule has 1 rings (SSSR count). The zero-order valence-electron chi connectivity index (χ0n) is 7.33. The van der Waals surface area contributed by atoms with Crippen molar-refractivity contribution in [2.24, 2.45) is 0 Å². The summed E-state index contributed by atoms with van der Waals surface area (Å²) < 4.78 is 50.3. The molecule has 0 aliphatic rings. The van der Waals surface area contributed by atoms with Crippen LogP contribution in [0.1, 0.15) is 5.56 Å². The van der Waals surface area contributed by atoms with Crippen molar-refractivity contribution >= 4 is 10.2 Å². The van der Waals surface area contributed by atoms with E-state index in [2.05, 4.69) is 4.74 Å². The Hall–Kier alpha value is -1.17. The Bertz CT molecular complexity index is 428. The smallest absolute Gasteiger partial charge is 0.306 e. The zero-order valence-corrected chi connectivity index (χ0v) is 8.14. The van der Waals surface area contributed by atoms with Crippen LogP contribution in [0.4, 0.5) is 8.28 Å². The second-order valence-electron chi connectivity index (χ2n) is 2.65. The topological polar surface area (TPSA) is 43.4 Å². The maximum absolute atomic E-state index is 12.8. The van der Waals surface area contributed by atoms with Crippen molar-refractivity contribution in [1.29, 1.82) is 0 Å². The number of hydrogen-bond donors (Lipinski definition) is 0. The van der Waals surface area contributed by atoms with Crippen LogP contribution in [-0.2, 0) is 16.0 Å². The van der Waals surface area contributed by atoms with Crippen LogP contribution >= 0.6 is 0 Å². The minimum absolute atomic E-state index is 0.105. The van der Waals surface area contributed by atoms with Crippen molar-refractivity contribution in [2.75, 3.05) is 7.11 Å². The minimum Gasteiger partial charge on any atom is -0.494 e. The van der Waals surface area contributed by atoms with Crippen LogP contribution in [0.3, 0.4) is 0 Å². The number of ether oxygens (including phenoxy) is 1. The molecule has 3 nitrogen and oxygen atoms in total. The first-order valence-corrected chi connectivity index (χ1v) is 5.22. The molecular formula is C8H8F2O3S.